The van der Waals surface area contributed by atoms with Gasteiger partial charge < -0.3 is 15.0 Å². The number of aromatic amines is 1. The van der Waals surface area contributed by atoms with E-state index in [0.29, 0.717) is 0 Å². The van der Waals surface area contributed by atoms with Gasteiger partial charge in [-0.3, -0.25) is 4.79 Å². The van der Waals surface area contributed by atoms with Crippen molar-refractivity contribution in [1.82, 2.24) is 15.3 Å². The zero-order chi connectivity index (χ0) is 19.4. The van der Waals surface area contributed by atoms with Gasteiger partial charge >= 0.3 is 0 Å². The number of rotatable bonds is 5. The van der Waals surface area contributed by atoms with Crippen LogP contribution >= 0.6 is 23.2 Å². The largest absolute Gasteiger partial charge is 0.453 e. The predicted molar refractivity (Wildman–Crippen MR) is 97.4 cm³/mol. The Kier molecular flexibility index (Phi) is 5.60. The third-order valence-electron chi connectivity index (χ3n) is 3.53. The molecule has 6 nitrogen and oxygen atoms in total. The van der Waals surface area contributed by atoms with Crippen LogP contribution in [0, 0.1) is 17.1 Å². The Labute approximate surface area is 163 Å². The van der Waals surface area contributed by atoms with E-state index in [2.05, 4.69) is 15.3 Å². The molecule has 0 fully saturated rings. The lowest BCUT2D eigenvalue weighted by Crippen LogP contribution is -2.23. The molecule has 0 bridgehead atoms. The van der Waals surface area contributed by atoms with Crippen LogP contribution in [-0.4, -0.2) is 15.9 Å². The van der Waals surface area contributed by atoms with Crippen LogP contribution in [0.4, 0.5) is 4.39 Å². The predicted octanol–water partition coefficient (Wildman–Crippen LogP) is 4.45. The molecule has 3 rings (SSSR count). The topological polar surface area (TPSA) is 90.8 Å². The van der Waals surface area contributed by atoms with Crippen LogP contribution in [0.5, 0.6) is 11.5 Å². The minimum Gasteiger partial charge on any atom is -0.453 e. The van der Waals surface area contributed by atoms with Crippen LogP contribution in [0.3, 0.4) is 0 Å². The molecule has 0 unspecified atom stereocenters. The summed E-state index contributed by atoms with van der Waals surface area (Å²) in [7, 11) is 0. The first-order chi connectivity index (χ1) is 13.0. The molecule has 0 spiro atoms. The van der Waals surface area contributed by atoms with Crippen LogP contribution in [0.2, 0.25) is 10.0 Å². The summed E-state index contributed by atoms with van der Waals surface area (Å²) in [6.07, 6.45) is 2.72. The summed E-state index contributed by atoms with van der Waals surface area (Å²) in [5, 5.41) is 11.9. The monoisotopic (exact) mass is 404 g/mol. The zero-order valence-electron chi connectivity index (χ0n) is 13.6. The number of benzene rings is 2. The summed E-state index contributed by atoms with van der Waals surface area (Å²) < 4.78 is 20.3. The summed E-state index contributed by atoms with van der Waals surface area (Å²) >= 11 is 12.0. The van der Waals surface area contributed by atoms with Gasteiger partial charge in [-0.15, -0.1) is 0 Å². The second kappa shape index (κ2) is 8.08. The Hall–Kier alpha value is -3.08. The van der Waals surface area contributed by atoms with Crippen LogP contribution in [0.1, 0.15) is 21.6 Å². The van der Waals surface area contributed by atoms with E-state index in [1.54, 1.807) is 0 Å². The molecule has 9 heteroatoms. The average molecular weight is 405 g/mol. The van der Waals surface area contributed by atoms with Crippen molar-refractivity contribution in [1.29, 1.82) is 5.26 Å². The number of amides is 1. The number of nitrogens with one attached hydrogen (secondary N) is 2. The van der Waals surface area contributed by atoms with Crippen molar-refractivity contribution in [2.75, 3.05) is 0 Å². The second-order valence-electron chi connectivity index (χ2n) is 5.39. The van der Waals surface area contributed by atoms with Gasteiger partial charge in [0.05, 0.1) is 29.2 Å². The van der Waals surface area contributed by atoms with Gasteiger partial charge in [0.2, 0.25) is 0 Å². The lowest BCUT2D eigenvalue weighted by atomic mass is 10.2. The molecular weight excluding hydrogens is 394 g/mol. The molecular formula is C18H11Cl2FN4O2. The summed E-state index contributed by atoms with van der Waals surface area (Å²) in [6.45, 7) is -0.0871. The van der Waals surface area contributed by atoms with Gasteiger partial charge in [0, 0.05) is 17.1 Å². The maximum Gasteiger partial charge on any atom is 0.269 e. The molecule has 0 aliphatic carbocycles. The van der Waals surface area contributed by atoms with Gasteiger partial charge in [-0.1, -0.05) is 29.3 Å². The van der Waals surface area contributed by atoms with Crippen molar-refractivity contribution >= 4 is 29.1 Å². The Morgan fingerprint density at radius 1 is 1.33 bits per heavy atom. The Balaban J connectivity index is 1.82. The van der Waals surface area contributed by atoms with Crippen molar-refractivity contribution in [3.63, 3.8) is 0 Å². The molecule has 136 valence electrons. The summed E-state index contributed by atoms with van der Waals surface area (Å²) in [5.74, 6) is -1.22. The fourth-order valence-corrected chi connectivity index (χ4v) is 2.67. The molecule has 1 amide bonds. The minimum absolute atomic E-state index is 0.0367. The van der Waals surface area contributed by atoms with Gasteiger partial charge in [0.1, 0.15) is 11.4 Å². The van der Waals surface area contributed by atoms with E-state index >= 15 is 0 Å². The fourth-order valence-electron chi connectivity index (χ4n) is 2.26. The quantitative estimate of drug-likeness (QED) is 0.656. The maximum atomic E-state index is 14.8. The van der Waals surface area contributed by atoms with Gasteiger partial charge in [0.25, 0.3) is 5.91 Å². The van der Waals surface area contributed by atoms with Gasteiger partial charge in [0.15, 0.2) is 11.6 Å². The van der Waals surface area contributed by atoms with Gasteiger partial charge in [-0.25, -0.2) is 9.37 Å². The van der Waals surface area contributed by atoms with E-state index in [1.807, 2.05) is 6.07 Å². The van der Waals surface area contributed by atoms with E-state index in [4.69, 9.17) is 33.2 Å². The van der Waals surface area contributed by atoms with Crippen molar-refractivity contribution in [2.24, 2.45) is 0 Å². The number of imidazole rings is 1. The van der Waals surface area contributed by atoms with Crippen molar-refractivity contribution in [3.8, 4) is 17.6 Å². The molecule has 2 N–H and O–H groups in total. The van der Waals surface area contributed by atoms with Crippen molar-refractivity contribution in [2.45, 2.75) is 6.54 Å². The Morgan fingerprint density at radius 3 is 2.85 bits per heavy atom. The third kappa shape index (κ3) is 4.37. The number of hydrogen-bond donors (Lipinski definition) is 2. The number of nitriles is 1. The molecule has 0 aliphatic heterocycles. The standard InChI is InChI=1S/C18H11Cl2FN4O2/c19-12-3-10(6-22)4-13(5-12)27-17-14(20)2-1-11(16(17)21)7-24-18(26)15-8-23-9-25-15/h1-5,8-9H,7H2,(H,23,25)(H,24,26). The van der Waals surface area contributed by atoms with Crippen molar-refractivity contribution in [3.05, 3.63) is 75.5 Å². The van der Waals surface area contributed by atoms with E-state index in [9.17, 15) is 9.18 Å². The number of aromatic nitrogens is 2. The summed E-state index contributed by atoms with van der Waals surface area (Å²) in [6, 6.07) is 9.13. The lowest BCUT2D eigenvalue weighted by Gasteiger charge is -2.13. The zero-order valence-corrected chi connectivity index (χ0v) is 15.1. The van der Waals surface area contributed by atoms with Crippen LogP contribution < -0.4 is 10.1 Å². The number of nitrogens with zero attached hydrogens (tertiary/aromatic N) is 2. The number of H-pyrrole nitrogens is 1. The summed E-state index contributed by atoms with van der Waals surface area (Å²) in [5.41, 5.74) is 0.686. The maximum absolute atomic E-state index is 14.8. The minimum atomic E-state index is -0.731. The number of halogens is 3. The van der Waals surface area contributed by atoms with Crippen LogP contribution in [0.15, 0.2) is 42.9 Å². The molecule has 0 saturated carbocycles. The Bertz CT molecular complexity index is 1030. The molecule has 1 heterocycles. The smallest absolute Gasteiger partial charge is 0.269 e. The van der Waals surface area contributed by atoms with E-state index in [1.165, 1.54) is 42.9 Å². The number of ether oxygens (including phenoxy) is 1. The lowest BCUT2D eigenvalue weighted by molar-refractivity contribution is 0.0946. The third-order valence-corrected chi connectivity index (χ3v) is 4.05. The molecule has 1 aromatic heterocycles. The molecule has 27 heavy (non-hydrogen) atoms. The van der Waals surface area contributed by atoms with E-state index in [-0.39, 0.29) is 44.9 Å². The average Bonchev–Trinajstić information content (AvgIpc) is 3.18. The van der Waals surface area contributed by atoms with E-state index in [0.717, 1.165) is 0 Å². The van der Waals surface area contributed by atoms with Crippen LogP contribution in [0.25, 0.3) is 0 Å². The highest BCUT2D eigenvalue weighted by Crippen LogP contribution is 2.35. The molecule has 3 aromatic rings. The van der Waals surface area contributed by atoms with Gasteiger partial charge in [-0.2, -0.15) is 5.26 Å². The number of carbonyl (C=O) groups is 1. The molecule has 0 radical (unpaired) electrons. The highest BCUT2D eigenvalue weighted by atomic mass is 35.5. The first-order valence-corrected chi connectivity index (χ1v) is 8.35. The summed E-state index contributed by atoms with van der Waals surface area (Å²) in [4.78, 5) is 18.3. The molecule has 0 aliphatic rings. The van der Waals surface area contributed by atoms with Crippen molar-refractivity contribution < 1.29 is 13.9 Å². The number of hydrogen-bond acceptors (Lipinski definition) is 4. The first-order valence-electron chi connectivity index (χ1n) is 7.60. The van der Waals surface area contributed by atoms with E-state index < -0.39 is 11.7 Å². The van der Waals surface area contributed by atoms with Gasteiger partial charge in [-0.05, 0) is 24.3 Å². The highest BCUT2D eigenvalue weighted by Gasteiger charge is 2.17. The fraction of sp³-hybridized carbons (Fsp3) is 0.0556. The number of carbonyl (C=O) groups excluding carboxylic acids is 1. The van der Waals surface area contributed by atoms with Crippen LogP contribution in [-0.2, 0) is 6.54 Å². The molecule has 0 saturated heterocycles. The molecule has 2 aromatic carbocycles. The SMILES string of the molecule is N#Cc1cc(Cl)cc(Oc2c(Cl)ccc(CNC(=O)c3cnc[nH]3)c2F)c1. The first kappa shape index (κ1) is 18.7. The highest BCUT2D eigenvalue weighted by molar-refractivity contribution is 6.32. The molecule has 0 atom stereocenters. The second-order valence-corrected chi connectivity index (χ2v) is 6.23. The normalized spacial score (nSPS) is 10.3. The Morgan fingerprint density at radius 2 is 2.15 bits per heavy atom.